The second-order valence-electron chi connectivity index (χ2n) is 3.66. The number of allylic oxidation sites excluding steroid dienone is 2. The number of hydrogen-bond donors (Lipinski definition) is 1. The highest BCUT2D eigenvalue weighted by Gasteiger charge is 2.01. The Morgan fingerprint density at radius 3 is 2.00 bits per heavy atom. The molecule has 14 heavy (non-hydrogen) atoms. The van der Waals surface area contributed by atoms with E-state index in [9.17, 15) is 0 Å². The molecule has 2 heteroatoms. The van der Waals surface area contributed by atoms with E-state index in [0.717, 1.165) is 26.1 Å². The van der Waals surface area contributed by atoms with Gasteiger partial charge in [0.2, 0.25) is 0 Å². The van der Waals surface area contributed by atoms with Crippen LogP contribution in [0.15, 0.2) is 24.3 Å². The van der Waals surface area contributed by atoms with Crippen molar-refractivity contribution in [2.24, 2.45) is 5.73 Å². The summed E-state index contributed by atoms with van der Waals surface area (Å²) < 4.78 is 0. The molecule has 0 saturated heterocycles. The van der Waals surface area contributed by atoms with E-state index >= 15 is 0 Å². The second-order valence-corrected chi connectivity index (χ2v) is 3.66. The van der Waals surface area contributed by atoms with E-state index in [-0.39, 0.29) is 0 Å². The van der Waals surface area contributed by atoms with Gasteiger partial charge in [-0.25, -0.2) is 0 Å². The first-order chi connectivity index (χ1) is 6.70. The average Bonchev–Trinajstić information content (AvgIpc) is 2.16. The Morgan fingerprint density at radius 1 is 1.14 bits per heavy atom. The van der Waals surface area contributed by atoms with Crippen molar-refractivity contribution in [1.82, 2.24) is 4.90 Å². The maximum absolute atomic E-state index is 5.74. The minimum Gasteiger partial charge on any atom is -0.328 e. The van der Waals surface area contributed by atoms with E-state index in [0.29, 0.717) is 6.04 Å². The summed E-state index contributed by atoms with van der Waals surface area (Å²) in [5.74, 6) is 0. The van der Waals surface area contributed by atoms with Gasteiger partial charge in [0.25, 0.3) is 0 Å². The van der Waals surface area contributed by atoms with E-state index in [2.05, 4.69) is 50.0 Å². The Kier molecular flexibility index (Phi) is 8.59. The van der Waals surface area contributed by atoms with Gasteiger partial charge in [0.05, 0.1) is 0 Å². The fraction of sp³-hybridized carbons (Fsp3) is 0.667. The summed E-state index contributed by atoms with van der Waals surface area (Å²) in [5.41, 5.74) is 5.74. The summed E-state index contributed by atoms with van der Waals surface area (Å²) in [6.07, 6.45) is 9.62. The van der Waals surface area contributed by atoms with Crippen LogP contribution in [0.5, 0.6) is 0 Å². The van der Waals surface area contributed by atoms with Gasteiger partial charge in [-0.1, -0.05) is 24.3 Å². The number of nitrogens with two attached hydrogens (primary N) is 1. The van der Waals surface area contributed by atoms with Crippen LogP contribution in [0.2, 0.25) is 0 Å². The number of rotatable bonds is 7. The minimum absolute atomic E-state index is 0.300. The summed E-state index contributed by atoms with van der Waals surface area (Å²) in [6, 6.07) is 0.300. The van der Waals surface area contributed by atoms with Gasteiger partial charge in [-0.2, -0.15) is 0 Å². The topological polar surface area (TPSA) is 29.3 Å². The molecule has 2 N–H and O–H groups in total. The maximum Gasteiger partial charge on any atom is 0.0166 e. The van der Waals surface area contributed by atoms with E-state index < -0.39 is 0 Å². The van der Waals surface area contributed by atoms with Crippen molar-refractivity contribution in [1.29, 1.82) is 0 Å². The van der Waals surface area contributed by atoms with Gasteiger partial charge in [-0.15, -0.1) is 0 Å². The molecule has 0 fully saturated rings. The van der Waals surface area contributed by atoms with E-state index in [1.807, 2.05) is 0 Å². The number of nitrogens with zero attached hydrogens (tertiary/aromatic N) is 1. The van der Waals surface area contributed by atoms with Crippen molar-refractivity contribution in [2.75, 3.05) is 19.6 Å². The second kappa shape index (κ2) is 8.97. The van der Waals surface area contributed by atoms with Crippen molar-refractivity contribution in [2.45, 2.75) is 33.2 Å². The zero-order valence-corrected chi connectivity index (χ0v) is 9.74. The van der Waals surface area contributed by atoms with Crippen LogP contribution in [0, 0.1) is 0 Å². The van der Waals surface area contributed by atoms with Gasteiger partial charge < -0.3 is 5.73 Å². The summed E-state index contributed by atoms with van der Waals surface area (Å²) in [7, 11) is 0. The van der Waals surface area contributed by atoms with Crippen molar-refractivity contribution in [3.05, 3.63) is 24.3 Å². The zero-order valence-electron chi connectivity index (χ0n) is 9.74. The number of hydrogen-bond acceptors (Lipinski definition) is 2. The molecule has 0 rings (SSSR count). The smallest absolute Gasteiger partial charge is 0.0166 e. The van der Waals surface area contributed by atoms with E-state index in [4.69, 9.17) is 5.73 Å². The summed E-state index contributed by atoms with van der Waals surface area (Å²) in [6.45, 7) is 9.29. The predicted octanol–water partition coefficient (Wildman–Crippen LogP) is 2.18. The van der Waals surface area contributed by atoms with Crippen LogP contribution in [-0.2, 0) is 0 Å². The largest absolute Gasteiger partial charge is 0.328 e. The van der Waals surface area contributed by atoms with Gasteiger partial charge >= 0.3 is 0 Å². The fourth-order valence-electron chi connectivity index (χ4n) is 1.15. The molecule has 0 radical (unpaired) electrons. The molecular formula is C12H24N2. The molecule has 0 aromatic heterocycles. The predicted molar refractivity (Wildman–Crippen MR) is 64.3 cm³/mol. The Morgan fingerprint density at radius 2 is 1.64 bits per heavy atom. The standard InChI is InChI=1S/C12H24N2/c1-4-6-9-14(10-7-5-2)11-8-12(3)13/h4-7,12H,8-11,13H2,1-3H3. The van der Waals surface area contributed by atoms with Crippen molar-refractivity contribution in [3.63, 3.8) is 0 Å². The minimum atomic E-state index is 0.300. The molecule has 82 valence electrons. The molecule has 1 unspecified atom stereocenters. The lowest BCUT2D eigenvalue weighted by molar-refractivity contribution is 0.321. The molecule has 0 aliphatic rings. The van der Waals surface area contributed by atoms with Crippen molar-refractivity contribution in [3.8, 4) is 0 Å². The van der Waals surface area contributed by atoms with Gasteiger partial charge in [0.1, 0.15) is 0 Å². The van der Waals surface area contributed by atoms with Crippen LogP contribution < -0.4 is 5.73 Å². The molecule has 0 aliphatic carbocycles. The highest BCUT2D eigenvalue weighted by molar-refractivity contribution is 4.86. The summed E-state index contributed by atoms with van der Waals surface area (Å²) in [5, 5.41) is 0. The maximum atomic E-state index is 5.74. The summed E-state index contributed by atoms with van der Waals surface area (Å²) in [4.78, 5) is 2.39. The van der Waals surface area contributed by atoms with Crippen molar-refractivity contribution >= 4 is 0 Å². The molecule has 0 spiro atoms. The van der Waals surface area contributed by atoms with E-state index in [1.54, 1.807) is 0 Å². The molecule has 0 aromatic carbocycles. The molecule has 0 aliphatic heterocycles. The van der Waals surface area contributed by atoms with Gasteiger partial charge in [0, 0.05) is 25.7 Å². The molecular weight excluding hydrogens is 172 g/mol. The lowest BCUT2D eigenvalue weighted by Gasteiger charge is -2.19. The lowest BCUT2D eigenvalue weighted by Crippen LogP contribution is -2.29. The third-order valence-electron chi connectivity index (χ3n) is 2.10. The first-order valence-corrected chi connectivity index (χ1v) is 5.41. The van der Waals surface area contributed by atoms with Gasteiger partial charge in [-0.3, -0.25) is 4.90 Å². The fourth-order valence-corrected chi connectivity index (χ4v) is 1.15. The molecule has 0 aromatic rings. The van der Waals surface area contributed by atoms with Crippen molar-refractivity contribution < 1.29 is 0 Å². The third kappa shape index (κ3) is 8.02. The van der Waals surface area contributed by atoms with Gasteiger partial charge in [0.15, 0.2) is 0 Å². The molecule has 1 atom stereocenters. The molecule has 2 nitrogen and oxygen atoms in total. The Labute approximate surface area is 88.5 Å². The van der Waals surface area contributed by atoms with Crippen LogP contribution in [0.4, 0.5) is 0 Å². The lowest BCUT2D eigenvalue weighted by atomic mass is 10.2. The third-order valence-corrected chi connectivity index (χ3v) is 2.10. The SMILES string of the molecule is CC=CCN(CC=CC)CCC(C)N. The first kappa shape index (κ1) is 13.4. The Balaban J connectivity index is 3.83. The normalized spacial score (nSPS) is 14.6. The average molecular weight is 196 g/mol. The van der Waals surface area contributed by atoms with Crippen LogP contribution in [-0.4, -0.2) is 30.6 Å². The zero-order chi connectivity index (χ0) is 10.8. The molecule has 0 saturated carbocycles. The van der Waals surface area contributed by atoms with Crippen LogP contribution in [0.3, 0.4) is 0 Å². The molecule has 0 bridgehead atoms. The molecule has 0 amide bonds. The molecule has 0 heterocycles. The Bertz CT molecular complexity index is 157. The van der Waals surface area contributed by atoms with Crippen LogP contribution in [0.1, 0.15) is 27.2 Å². The van der Waals surface area contributed by atoms with E-state index in [1.165, 1.54) is 0 Å². The highest BCUT2D eigenvalue weighted by atomic mass is 15.1. The highest BCUT2D eigenvalue weighted by Crippen LogP contribution is 1.95. The Hall–Kier alpha value is -0.600. The van der Waals surface area contributed by atoms with Crippen LogP contribution >= 0.6 is 0 Å². The summed E-state index contributed by atoms with van der Waals surface area (Å²) >= 11 is 0. The van der Waals surface area contributed by atoms with Crippen LogP contribution in [0.25, 0.3) is 0 Å². The van der Waals surface area contributed by atoms with Gasteiger partial charge in [-0.05, 0) is 27.2 Å². The quantitative estimate of drug-likeness (QED) is 0.632. The monoisotopic (exact) mass is 196 g/mol. The first-order valence-electron chi connectivity index (χ1n) is 5.41.